The smallest absolute Gasteiger partial charge is 0.285 e. The molecule has 0 saturated carbocycles. The van der Waals surface area contributed by atoms with Gasteiger partial charge < -0.3 is 14.9 Å². The van der Waals surface area contributed by atoms with Crippen molar-refractivity contribution >= 4 is 22.7 Å². The molecular weight excluding hydrogens is 332 g/mol. The van der Waals surface area contributed by atoms with Crippen LogP contribution in [0.25, 0.3) is 11.0 Å². The van der Waals surface area contributed by atoms with Crippen LogP contribution in [0.2, 0.25) is 0 Å². The van der Waals surface area contributed by atoms with Gasteiger partial charge in [-0.15, -0.1) is 4.73 Å². The Hall–Kier alpha value is -2.93. The van der Waals surface area contributed by atoms with Gasteiger partial charge in [0.2, 0.25) is 5.95 Å². The van der Waals surface area contributed by atoms with Crippen LogP contribution in [0, 0.1) is 5.92 Å². The molecule has 0 radical (unpaired) electrons. The zero-order chi connectivity index (χ0) is 17.8. The number of para-hydroxylation sites is 1. The maximum absolute atomic E-state index is 12.3. The van der Waals surface area contributed by atoms with Crippen LogP contribution in [-0.4, -0.2) is 34.5 Å². The molecule has 1 aliphatic rings. The van der Waals surface area contributed by atoms with Gasteiger partial charge in [-0.25, -0.2) is 4.98 Å². The monoisotopic (exact) mass is 352 g/mol. The zero-order valence-corrected chi connectivity index (χ0v) is 14.3. The fraction of sp³-hybridized carbons (Fsp3) is 0.316. The quantitative estimate of drug-likeness (QED) is 0.760. The van der Waals surface area contributed by atoms with Crippen LogP contribution < -0.4 is 15.7 Å². The van der Waals surface area contributed by atoms with E-state index >= 15 is 0 Å². The van der Waals surface area contributed by atoms with E-state index < -0.39 is 0 Å². The zero-order valence-electron chi connectivity index (χ0n) is 14.3. The highest BCUT2D eigenvalue weighted by Gasteiger charge is 2.16. The van der Waals surface area contributed by atoms with Crippen molar-refractivity contribution in [3.05, 3.63) is 59.0 Å². The van der Waals surface area contributed by atoms with E-state index in [9.17, 15) is 4.79 Å². The number of nitrogens with one attached hydrogen (secondary N) is 1. The number of pyridine rings is 1. The highest BCUT2D eigenvalue weighted by molar-refractivity contribution is 5.75. The van der Waals surface area contributed by atoms with E-state index in [0.717, 1.165) is 37.1 Å². The molecule has 1 aromatic carbocycles. The van der Waals surface area contributed by atoms with Gasteiger partial charge in [-0.3, -0.25) is 4.79 Å². The molecule has 0 atom stereocenters. The second-order valence-corrected chi connectivity index (χ2v) is 6.28. The fourth-order valence-corrected chi connectivity index (χ4v) is 2.92. The number of aromatic nitrogens is 3. The molecule has 1 N–H and O–H groups in total. The summed E-state index contributed by atoms with van der Waals surface area (Å²) in [5, 5.41) is 3.88. The first-order valence-electron chi connectivity index (χ1n) is 8.71. The summed E-state index contributed by atoms with van der Waals surface area (Å²) in [6.45, 7) is 1.95. The van der Waals surface area contributed by atoms with Crippen molar-refractivity contribution in [3.8, 4) is 0 Å². The lowest BCUT2D eigenvalue weighted by Gasteiger charge is -2.22. The Labute approximate surface area is 150 Å². The van der Waals surface area contributed by atoms with Gasteiger partial charge in [-0.1, -0.05) is 18.2 Å². The van der Waals surface area contributed by atoms with E-state index in [4.69, 9.17) is 9.57 Å². The van der Waals surface area contributed by atoms with Crippen LogP contribution >= 0.6 is 0 Å². The lowest BCUT2D eigenvalue weighted by Crippen LogP contribution is -2.32. The number of benzene rings is 1. The van der Waals surface area contributed by atoms with E-state index in [0.29, 0.717) is 24.1 Å². The average molecular weight is 352 g/mol. The summed E-state index contributed by atoms with van der Waals surface area (Å²) >= 11 is 0. The predicted octanol–water partition coefficient (Wildman–Crippen LogP) is 2.39. The molecule has 1 saturated heterocycles. The molecule has 3 heterocycles. The molecular formula is C19H20N4O3. The first-order valence-corrected chi connectivity index (χ1v) is 8.71. The Balaban J connectivity index is 1.61. The third-order valence-electron chi connectivity index (χ3n) is 4.40. The summed E-state index contributed by atoms with van der Waals surface area (Å²) in [4.78, 5) is 26.9. The van der Waals surface area contributed by atoms with E-state index in [1.807, 2.05) is 30.3 Å². The Bertz CT molecular complexity index is 936. The number of hydrogen-bond donors (Lipinski definition) is 1. The van der Waals surface area contributed by atoms with E-state index in [1.54, 1.807) is 12.3 Å². The lowest BCUT2D eigenvalue weighted by atomic mass is 10.0. The Morgan fingerprint density at radius 1 is 1.15 bits per heavy atom. The van der Waals surface area contributed by atoms with Gasteiger partial charge in [0.05, 0.1) is 0 Å². The molecule has 0 aliphatic carbocycles. The molecule has 1 fully saturated rings. The van der Waals surface area contributed by atoms with Crippen LogP contribution in [0.15, 0.2) is 53.5 Å². The summed E-state index contributed by atoms with van der Waals surface area (Å²) in [7, 11) is 0. The molecule has 1 aliphatic heterocycles. The predicted molar refractivity (Wildman–Crippen MR) is 98.5 cm³/mol. The van der Waals surface area contributed by atoms with Gasteiger partial charge in [0, 0.05) is 36.6 Å². The third kappa shape index (κ3) is 3.67. The Morgan fingerprint density at radius 2 is 1.96 bits per heavy atom. The van der Waals surface area contributed by atoms with E-state index in [2.05, 4.69) is 15.3 Å². The average Bonchev–Trinajstić information content (AvgIpc) is 2.69. The van der Waals surface area contributed by atoms with E-state index in [-0.39, 0.29) is 5.56 Å². The minimum Gasteiger partial charge on any atom is -0.408 e. The third-order valence-corrected chi connectivity index (χ3v) is 4.40. The Kier molecular flexibility index (Phi) is 4.79. The number of rotatable bonds is 5. The summed E-state index contributed by atoms with van der Waals surface area (Å²) in [5.74, 6) is 0.798. The van der Waals surface area contributed by atoms with Crippen molar-refractivity contribution in [2.75, 3.05) is 25.1 Å². The van der Waals surface area contributed by atoms with Gasteiger partial charge in [-0.2, -0.15) is 4.98 Å². The molecule has 0 unspecified atom stereocenters. The first kappa shape index (κ1) is 16.5. The van der Waals surface area contributed by atoms with Crippen LogP contribution in [0.4, 0.5) is 11.6 Å². The van der Waals surface area contributed by atoms with E-state index in [1.165, 1.54) is 10.8 Å². The number of fused-ring (bicyclic) bond motifs is 1. The largest absolute Gasteiger partial charge is 0.408 e. The van der Waals surface area contributed by atoms with Gasteiger partial charge in [-0.05, 0) is 37.0 Å². The highest BCUT2D eigenvalue weighted by atomic mass is 16.7. The minimum atomic E-state index is -0.242. The standard InChI is InChI=1S/C19H20N4O3/c24-17-7-6-15-12-20-19(21-16-4-2-1-3-5-16)22-18(15)23(17)26-13-14-8-10-25-11-9-14/h1-7,12,14H,8-11,13H2,(H,20,21,22). The summed E-state index contributed by atoms with van der Waals surface area (Å²) in [5.41, 5.74) is 1.09. The maximum atomic E-state index is 12.3. The first-order chi connectivity index (χ1) is 12.8. The van der Waals surface area contributed by atoms with Gasteiger partial charge in [0.1, 0.15) is 6.61 Å². The van der Waals surface area contributed by atoms with Crippen LogP contribution in [0.3, 0.4) is 0 Å². The van der Waals surface area contributed by atoms with Gasteiger partial charge >= 0.3 is 0 Å². The summed E-state index contributed by atoms with van der Waals surface area (Å²) in [6.07, 6.45) is 3.56. The van der Waals surface area contributed by atoms with Crippen molar-refractivity contribution in [2.24, 2.45) is 5.92 Å². The second-order valence-electron chi connectivity index (χ2n) is 6.28. The fourth-order valence-electron chi connectivity index (χ4n) is 2.92. The van der Waals surface area contributed by atoms with Gasteiger partial charge in [0.25, 0.3) is 5.56 Å². The number of nitrogens with zero attached hydrogens (tertiary/aromatic N) is 3. The molecule has 3 aromatic rings. The molecule has 0 amide bonds. The minimum absolute atomic E-state index is 0.242. The molecule has 134 valence electrons. The molecule has 7 heteroatoms. The second kappa shape index (κ2) is 7.53. The normalized spacial score (nSPS) is 15.1. The van der Waals surface area contributed by atoms with Crippen molar-refractivity contribution in [1.82, 2.24) is 14.7 Å². The Morgan fingerprint density at radius 3 is 2.77 bits per heavy atom. The van der Waals surface area contributed by atoms with Crippen LogP contribution in [-0.2, 0) is 4.74 Å². The molecule has 0 spiro atoms. The number of anilines is 2. The van der Waals surface area contributed by atoms with Crippen molar-refractivity contribution < 1.29 is 9.57 Å². The number of ether oxygens (including phenoxy) is 1. The molecule has 2 aromatic heterocycles. The maximum Gasteiger partial charge on any atom is 0.285 e. The topological polar surface area (TPSA) is 78.3 Å². The summed E-state index contributed by atoms with van der Waals surface area (Å²) < 4.78 is 6.63. The molecule has 26 heavy (non-hydrogen) atoms. The summed E-state index contributed by atoms with van der Waals surface area (Å²) in [6, 6.07) is 12.8. The highest BCUT2D eigenvalue weighted by Crippen LogP contribution is 2.16. The number of hydrogen-bond acceptors (Lipinski definition) is 6. The molecule has 7 nitrogen and oxygen atoms in total. The molecule has 0 bridgehead atoms. The van der Waals surface area contributed by atoms with Crippen molar-refractivity contribution in [1.29, 1.82) is 0 Å². The lowest BCUT2D eigenvalue weighted by molar-refractivity contribution is 0.0152. The van der Waals surface area contributed by atoms with Gasteiger partial charge in [0.15, 0.2) is 5.65 Å². The van der Waals surface area contributed by atoms with Crippen molar-refractivity contribution in [2.45, 2.75) is 12.8 Å². The SMILES string of the molecule is O=c1ccc2cnc(Nc3ccccc3)nc2n1OCC1CCOCC1. The van der Waals surface area contributed by atoms with Crippen LogP contribution in [0.5, 0.6) is 0 Å². The molecule has 4 rings (SSSR count). The van der Waals surface area contributed by atoms with Crippen molar-refractivity contribution in [3.63, 3.8) is 0 Å². The van der Waals surface area contributed by atoms with Crippen LogP contribution in [0.1, 0.15) is 12.8 Å².